The molecule has 1 unspecified atom stereocenters. The van der Waals surface area contributed by atoms with Crippen LogP contribution in [-0.2, 0) is 14.3 Å². The van der Waals surface area contributed by atoms with E-state index in [9.17, 15) is 4.79 Å². The summed E-state index contributed by atoms with van der Waals surface area (Å²) in [7, 11) is 0. The number of ether oxygens (including phenoxy) is 2. The highest BCUT2D eigenvalue weighted by Crippen LogP contribution is 2.01. The first-order valence-electron chi connectivity index (χ1n) is 5.58. The summed E-state index contributed by atoms with van der Waals surface area (Å²) in [6, 6.07) is 0. The van der Waals surface area contributed by atoms with Crippen LogP contribution >= 0.6 is 0 Å². The minimum atomic E-state index is -0.318. The molecule has 4 heteroatoms. The first kappa shape index (κ1) is 14.4. The van der Waals surface area contributed by atoms with Crippen LogP contribution in [0.1, 0.15) is 39.5 Å². The Morgan fingerprint density at radius 3 is 2.67 bits per heavy atom. The maximum atomic E-state index is 10.0. The van der Waals surface area contributed by atoms with E-state index >= 15 is 0 Å². The van der Waals surface area contributed by atoms with Gasteiger partial charge in [-0.15, -0.1) is 0 Å². The molecule has 0 amide bonds. The van der Waals surface area contributed by atoms with Crippen molar-refractivity contribution in [3.05, 3.63) is 0 Å². The van der Waals surface area contributed by atoms with E-state index in [1.54, 1.807) is 6.92 Å². The number of unbranched alkanes of at least 4 members (excludes halogenated alkanes) is 1. The number of cyclic esters (lactones) is 1. The lowest BCUT2D eigenvalue weighted by molar-refractivity contribution is -0.137. The summed E-state index contributed by atoms with van der Waals surface area (Å²) in [5.41, 5.74) is 0. The molecule has 15 heavy (non-hydrogen) atoms. The van der Waals surface area contributed by atoms with E-state index in [-0.39, 0.29) is 12.1 Å². The molecule has 0 aliphatic carbocycles. The lowest BCUT2D eigenvalue weighted by Gasteiger charge is -2.03. The van der Waals surface area contributed by atoms with E-state index in [1.807, 2.05) is 0 Å². The topological polar surface area (TPSA) is 55.8 Å². The van der Waals surface area contributed by atoms with Crippen LogP contribution < -0.4 is 0 Å². The summed E-state index contributed by atoms with van der Waals surface area (Å²) in [4.78, 5) is 10.0. The number of aliphatic hydroxyl groups is 1. The molecule has 0 radical (unpaired) electrons. The van der Waals surface area contributed by atoms with Gasteiger partial charge in [-0.05, 0) is 19.8 Å². The van der Waals surface area contributed by atoms with Crippen molar-refractivity contribution in [2.45, 2.75) is 45.6 Å². The third-order valence-electron chi connectivity index (χ3n) is 1.79. The van der Waals surface area contributed by atoms with Crippen molar-refractivity contribution >= 4 is 5.97 Å². The van der Waals surface area contributed by atoms with Crippen LogP contribution in [0.15, 0.2) is 0 Å². The van der Waals surface area contributed by atoms with Gasteiger partial charge in [-0.25, -0.2) is 0 Å². The second-order valence-corrected chi connectivity index (χ2v) is 3.60. The van der Waals surface area contributed by atoms with Crippen LogP contribution in [0.3, 0.4) is 0 Å². The Morgan fingerprint density at radius 2 is 2.33 bits per heavy atom. The minimum Gasteiger partial charge on any atom is -0.466 e. The van der Waals surface area contributed by atoms with Crippen LogP contribution in [0, 0.1) is 0 Å². The third-order valence-corrected chi connectivity index (χ3v) is 1.79. The summed E-state index contributed by atoms with van der Waals surface area (Å²) in [6.07, 6.45) is 3.47. The number of esters is 1. The monoisotopic (exact) mass is 218 g/mol. The van der Waals surface area contributed by atoms with E-state index in [1.165, 1.54) is 0 Å². The zero-order valence-electron chi connectivity index (χ0n) is 9.70. The molecule has 1 saturated heterocycles. The SMILES string of the molecule is CCCCOCC(C)O.O=C1CCCO1. The highest BCUT2D eigenvalue weighted by molar-refractivity contribution is 5.70. The van der Waals surface area contributed by atoms with Gasteiger partial charge in [0, 0.05) is 13.0 Å². The maximum absolute atomic E-state index is 10.0. The maximum Gasteiger partial charge on any atom is 0.305 e. The first-order valence-corrected chi connectivity index (χ1v) is 5.58. The zero-order chi connectivity index (χ0) is 11.5. The zero-order valence-corrected chi connectivity index (χ0v) is 9.70. The average Bonchev–Trinajstić information content (AvgIpc) is 2.65. The quantitative estimate of drug-likeness (QED) is 0.561. The number of carbonyl (C=O) groups is 1. The normalized spacial score (nSPS) is 16.6. The molecule has 0 saturated carbocycles. The Labute approximate surface area is 91.6 Å². The molecule has 0 aromatic rings. The van der Waals surface area contributed by atoms with Crippen LogP contribution in [0.5, 0.6) is 0 Å². The van der Waals surface area contributed by atoms with Crippen LogP contribution in [0.4, 0.5) is 0 Å². The van der Waals surface area contributed by atoms with Gasteiger partial charge in [0.1, 0.15) is 0 Å². The molecule has 0 aromatic carbocycles. The highest BCUT2D eigenvalue weighted by Gasteiger charge is 2.08. The molecule has 4 nitrogen and oxygen atoms in total. The molecule has 1 heterocycles. The van der Waals surface area contributed by atoms with Gasteiger partial charge in [0.05, 0.1) is 19.3 Å². The minimum absolute atomic E-state index is 0.0463. The second-order valence-electron chi connectivity index (χ2n) is 3.60. The number of hydrogen-bond donors (Lipinski definition) is 1. The molecule has 0 aromatic heterocycles. The fourth-order valence-corrected chi connectivity index (χ4v) is 0.975. The lowest BCUT2D eigenvalue weighted by Crippen LogP contribution is -2.10. The van der Waals surface area contributed by atoms with Crippen LogP contribution in [0.25, 0.3) is 0 Å². The Balaban J connectivity index is 0.000000280. The molecular weight excluding hydrogens is 196 g/mol. The summed E-state index contributed by atoms with van der Waals surface area (Å²) >= 11 is 0. The Hall–Kier alpha value is -0.610. The number of rotatable bonds is 5. The van der Waals surface area contributed by atoms with Gasteiger partial charge in [-0.2, -0.15) is 0 Å². The van der Waals surface area contributed by atoms with E-state index in [0.29, 0.717) is 19.6 Å². The van der Waals surface area contributed by atoms with E-state index in [4.69, 9.17) is 9.84 Å². The van der Waals surface area contributed by atoms with Gasteiger partial charge in [0.15, 0.2) is 0 Å². The van der Waals surface area contributed by atoms with Crippen molar-refractivity contribution in [1.82, 2.24) is 0 Å². The fraction of sp³-hybridized carbons (Fsp3) is 0.909. The largest absolute Gasteiger partial charge is 0.466 e. The van der Waals surface area contributed by atoms with E-state index in [0.717, 1.165) is 25.9 Å². The van der Waals surface area contributed by atoms with Crippen molar-refractivity contribution in [2.75, 3.05) is 19.8 Å². The van der Waals surface area contributed by atoms with Gasteiger partial charge < -0.3 is 14.6 Å². The molecule has 1 aliphatic rings. The first-order chi connectivity index (χ1) is 7.16. The smallest absolute Gasteiger partial charge is 0.305 e. The average molecular weight is 218 g/mol. The van der Waals surface area contributed by atoms with Crippen LogP contribution in [0.2, 0.25) is 0 Å². The Kier molecular flexibility index (Phi) is 9.52. The summed E-state index contributed by atoms with van der Waals surface area (Å²) < 4.78 is 9.60. The molecule has 90 valence electrons. The molecule has 1 rings (SSSR count). The van der Waals surface area contributed by atoms with Gasteiger partial charge in [0.2, 0.25) is 0 Å². The standard InChI is InChI=1S/C7H16O2.C4H6O2/c1-3-4-5-9-6-7(2)8;5-4-2-1-3-6-4/h7-8H,3-6H2,1-2H3;1-3H2. The second kappa shape index (κ2) is 9.93. The summed E-state index contributed by atoms with van der Waals surface area (Å²) in [5, 5.41) is 8.73. The van der Waals surface area contributed by atoms with Crippen molar-refractivity contribution in [1.29, 1.82) is 0 Å². The fourth-order valence-electron chi connectivity index (χ4n) is 0.975. The van der Waals surface area contributed by atoms with E-state index < -0.39 is 0 Å². The van der Waals surface area contributed by atoms with Gasteiger partial charge in [-0.1, -0.05) is 13.3 Å². The Morgan fingerprint density at radius 1 is 1.60 bits per heavy atom. The van der Waals surface area contributed by atoms with Crippen molar-refractivity contribution in [2.24, 2.45) is 0 Å². The van der Waals surface area contributed by atoms with Crippen LogP contribution in [-0.4, -0.2) is 37.0 Å². The van der Waals surface area contributed by atoms with Crippen molar-refractivity contribution in [3.8, 4) is 0 Å². The highest BCUT2D eigenvalue weighted by atomic mass is 16.5. The molecular formula is C11H22O4. The Bertz CT molecular complexity index is 149. The number of aliphatic hydroxyl groups excluding tert-OH is 1. The molecule has 0 spiro atoms. The molecule has 0 bridgehead atoms. The number of hydrogen-bond acceptors (Lipinski definition) is 4. The molecule has 1 atom stereocenters. The van der Waals surface area contributed by atoms with Gasteiger partial charge in [-0.3, -0.25) is 4.79 Å². The molecule has 1 N–H and O–H groups in total. The van der Waals surface area contributed by atoms with Crippen molar-refractivity contribution < 1.29 is 19.4 Å². The molecule has 1 fully saturated rings. The van der Waals surface area contributed by atoms with Gasteiger partial charge in [0.25, 0.3) is 0 Å². The predicted molar refractivity (Wildman–Crippen MR) is 57.6 cm³/mol. The lowest BCUT2D eigenvalue weighted by atomic mass is 10.4. The van der Waals surface area contributed by atoms with Crippen molar-refractivity contribution in [3.63, 3.8) is 0 Å². The van der Waals surface area contributed by atoms with E-state index in [2.05, 4.69) is 11.7 Å². The summed E-state index contributed by atoms with van der Waals surface area (Å²) in [6.45, 7) is 5.73. The van der Waals surface area contributed by atoms with Gasteiger partial charge >= 0.3 is 5.97 Å². The molecule has 1 aliphatic heterocycles. The third kappa shape index (κ3) is 11.3. The predicted octanol–water partition coefficient (Wildman–Crippen LogP) is 1.51. The number of carbonyl (C=O) groups excluding carboxylic acids is 1. The summed E-state index contributed by atoms with van der Waals surface area (Å²) in [5.74, 6) is -0.0463.